The summed E-state index contributed by atoms with van der Waals surface area (Å²) in [6.07, 6.45) is -7.90. The third-order valence-corrected chi connectivity index (χ3v) is 5.85. The normalized spacial score (nSPS) is 16.9. The van der Waals surface area contributed by atoms with Crippen molar-refractivity contribution in [3.8, 4) is 23.1 Å². The minimum absolute atomic E-state index is 0.0764. The molecule has 38 heavy (non-hydrogen) atoms. The number of fused-ring (bicyclic) bond motifs is 1. The Morgan fingerprint density at radius 2 is 1.03 bits per heavy atom. The SMILES string of the molecule is FC(F)(F)C1(c2ccc(Oc3ccc4ncc(Oc5ccc(C6(C(F)(F)F)N=N6)cc5)nc4c3)cc2)N=N1. The number of rotatable bonds is 6. The minimum Gasteiger partial charge on any atom is -0.457 e. The molecular weight excluding hydrogens is 518 g/mol. The maximum absolute atomic E-state index is 13.2. The molecule has 0 amide bonds. The fraction of sp³-hybridized carbons (Fsp3) is 0.167. The second-order valence-corrected chi connectivity index (χ2v) is 8.35. The predicted octanol–water partition coefficient (Wildman–Crippen LogP) is 7.58. The molecule has 3 heterocycles. The minimum atomic E-state index is -4.63. The largest absolute Gasteiger partial charge is 0.457 e. The molecule has 0 N–H and O–H groups in total. The maximum Gasteiger partial charge on any atom is 0.442 e. The first-order valence-electron chi connectivity index (χ1n) is 10.8. The van der Waals surface area contributed by atoms with Crippen molar-refractivity contribution in [3.05, 3.63) is 84.1 Å². The van der Waals surface area contributed by atoms with E-state index in [1.807, 2.05) is 0 Å². The van der Waals surface area contributed by atoms with E-state index < -0.39 is 23.7 Å². The predicted molar refractivity (Wildman–Crippen MR) is 118 cm³/mol. The number of alkyl halides is 6. The lowest BCUT2D eigenvalue weighted by molar-refractivity contribution is -0.166. The molecule has 2 aliphatic heterocycles. The molecule has 2 aliphatic rings. The molecule has 0 aliphatic carbocycles. The summed E-state index contributed by atoms with van der Waals surface area (Å²) in [5.41, 5.74) is -4.40. The molecule has 0 bridgehead atoms. The summed E-state index contributed by atoms with van der Waals surface area (Å²) in [4.78, 5) is 8.59. The molecular formula is C24H12F6N6O2. The van der Waals surface area contributed by atoms with E-state index in [-0.39, 0.29) is 28.5 Å². The highest BCUT2D eigenvalue weighted by Crippen LogP contribution is 2.53. The Hall–Kier alpha value is -4.62. The van der Waals surface area contributed by atoms with Gasteiger partial charge in [-0.2, -0.15) is 26.3 Å². The van der Waals surface area contributed by atoms with Crippen molar-refractivity contribution in [3.63, 3.8) is 0 Å². The summed E-state index contributed by atoms with van der Waals surface area (Å²) in [6, 6.07) is 15.1. The van der Waals surface area contributed by atoms with E-state index in [1.54, 1.807) is 18.2 Å². The van der Waals surface area contributed by atoms with E-state index in [0.717, 1.165) is 0 Å². The van der Waals surface area contributed by atoms with Crippen LogP contribution in [0.1, 0.15) is 11.1 Å². The van der Waals surface area contributed by atoms with Crippen LogP contribution in [-0.4, -0.2) is 22.3 Å². The van der Waals surface area contributed by atoms with Crippen LogP contribution in [0.3, 0.4) is 0 Å². The number of hydrogen-bond acceptors (Lipinski definition) is 8. The van der Waals surface area contributed by atoms with E-state index in [4.69, 9.17) is 9.47 Å². The van der Waals surface area contributed by atoms with Crippen molar-refractivity contribution in [2.24, 2.45) is 20.5 Å². The van der Waals surface area contributed by atoms with Crippen LogP contribution in [0, 0.1) is 0 Å². The Labute approximate surface area is 208 Å². The number of nitrogens with zero attached hydrogens (tertiary/aromatic N) is 6. The molecule has 0 unspecified atom stereocenters. The Balaban J connectivity index is 1.17. The quantitative estimate of drug-likeness (QED) is 0.240. The number of halogens is 6. The highest BCUT2D eigenvalue weighted by molar-refractivity contribution is 5.76. The third kappa shape index (κ3) is 3.97. The number of hydrogen-bond donors (Lipinski definition) is 0. The molecule has 0 spiro atoms. The molecule has 0 radical (unpaired) electrons. The third-order valence-electron chi connectivity index (χ3n) is 5.85. The van der Waals surface area contributed by atoms with E-state index in [1.165, 1.54) is 54.7 Å². The van der Waals surface area contributed by atoms with Gasteiger partial charge in [-0.05, 0) is 36.4 Å². The zero-order valence-corrected chi connectivity index (χ0v) is 18.7. The topological polar surface area (TPSA) is 93.7 Å². The van der Waals surface area contributed by atoms with Crippen LogP contribution in [0.4, 0.5) is 26.3 Å². The van der Waals surface area contributed by atoms with Crippen molar-refractivity contribution >= 4 is 11.0 Å². The lowest BCUT2D eigenvalue weighted by Crippen LogP contribution is -2.29. The van der Waals surface area contributed by atoms with Gasteiger partial charge < -0.3 is 9.47 Å². The zero-order chi connectivity index (χ0) is 26.8. The van der Waals surface area contributed by atoms with Crippen LogP contribution in [0.5, 0.6) is 23.1 Å². The lowest BCUT2D eigenvalue weighted by atomic mass is 10.0. The van der Waals surface area contributed by atoms with Gasteiger partial charge in [0.1, 0.15) is 17.2 Å². The Morgan fingerprint density at radius 1 is 0.553 bits per heavy atom. The molecule has 6 rings (SSSR count). The van der Waals surface area contributed by atoms with Crippen LogP contribution in [0.2, 0.25) is 0 Å². The monoisotopic (exact) mass is 530 g/mol. The standard InChI is InChI=1S/C24H12F6N6O2/c25-23(26,27)21(33-34-21)13-1-5-15(6-2-13)37-17-9-10-18-19(11-17)32-20(12-31-18)38-16-7-3-14(4-8-16)22(35-36-22)24(28,29)30/h1-12H. The van der Waals surface area contributed by atoms with Crippen molar-refractivity contribution in [2.75, 3.05) is 0 Å². The van der Waals surface area contributed by atoms with Crippen molar-refractivity contribution < 1.29 is 35.8 Å². The molecule has 0 saturated carbocycles. The van der Waals surface area contributed by atoms with Gasteiger partial charge in [0.05, 0.1) is 17.2 Å². The van der Waals surface area contributed by atoms with Crippen LogP contribution in [0.25, 0.3) is 11.0 Å². The molecule has 0 atom stereocenters. The molecule has 3 aromatic carbocycles. The van der Waals surface area contributed by atoms with Crippen LogP contribution in [-0.2, 0) is 11.3 Å². The Bertz CT molecular complexity index is 1470. The van der Waals surface area contributed by atoms with Gasteiger partial charge in [0.25, 0.3) is 0 Å². The summed E-state index contributed by atoms with van der Waals surface area (Å²) >= 11 is 0. The summed E-state index contributed by atoms with van der Waals surface area (Å²) in [6.45, 7) is 0. The van der Waals surface area contributed by atoms with Gasteiger partial charge in [-0.25, -0.2) is 9.97 Å². The average molecular weight is 530 g/mol. The summed E-state index contributed by atoms with van der Waals surface area (Å²) < 4.78 is 90.4. The van der Waals surface area contributed by atoms with Crippen LogP contribution in [0.15, 0.2) is 93.4 Å². The lowest BCUT2D eigenvalue weighted by Gasteiger charge is -2.15. The molecule has 0 saturated heterocycles. The van der Waals surface area contributed by atoms with Gasteiger partial charge in [-0.3, -0.25) is 0 Å². The highest BCUT2D eigenvalue weighted by Gasteiger charge is 2.65. The maximum atomic E-state index is 13.2. The average Bonchev–Trinajstić information content (AvgIpc) is 3.78. The number of benzene rings is 3. The highest BCUT2D eigenvalue weighted by atomic mass is 19.4. The van der Waals surface area contributed by atoms with E-state index in [9.17, 15) is 26.3 Å². The summed E-state index contributed by atoms with van der Waals surface area (Å²) in [5.74, 6) is 0.908. The van der Waals surface area contributed by atoms with Gasteiger partial charge in [-0.1, -0.05) is 24.3 Å². The number of aromatic nitrogens is 2. The zero-order valence-electron chi connectivity index (χ0n) is 18.7. The first-order chi connectivity index (χ1) is 18.0. The van der Waals surface area contributed by atoms with Gasteiger partial charge >= 0.3 is 23.7 Å². The molecule has 192 valence electrons. The molecule has 0 fully saturated rings. The second-order valence-electron chi connectivity index (χ2n) is 8.35. The van der Waals surface area contributed by atoms with Crippen molar-refractivity contribution in [2.45, 2.75) is 23.7 Å². The van der Waals surface area contributed by atoms with Crippen LogP contribution < -0.4 is 9.47 Å². The van der Waals surface area contributed by atoms with E-state index in [2.05, 4.69) is 30.4 Å². The van der Waals surface area contributed by atoms with E-state index in [0.29, 0.717) is 16.8 Å². The van der Waals surface area contributed by atoms with Gasteiger partial charge in [0.15, 0.2) is 0 Å². The first kappa shape index (κ1) is 23.8. The van der Waals surface area contributed by atoms with Crippen molar-refractivity contribution in [1.82, 2.24) is 9.97 Å². The summed E-state index contributed by atoms with van der Waals surface area (Å²) in [7, 11) is 0. The van der Waals surface area contributed by atoms with Crippen molar-refractivity contribution in [1.29, 1.82) is 0 Å². The second kappa shape index (κ2) is 7.94. The Morgan fingerprint density at radius 3 is 1.50 bits per heavy atom. The molecule has 1 aromatic heterocycles. The fourth-order valence-electron chi connectivity index (χ4n) is 3.74. The Kier molecular flexibility index (Phi) is 4.96. The van der Waals surface area contributed by atoms with E-state index >= 15 is 0 Å². The van der Waals surface area contributed by atoms with Gasteiger partial charge in [-0.15, -0.1) is 20.5 Å². The van der Waals surface area contributed by atoms with Gasteiger partial charge in [0.2, 0.25) is 5.88 Å². The number of ether oxygens (including phenoxy) is 2. The van der Waals surface area contributed by atoms with Gasteiger partial charge in [0, 0.05) is 17.2 Å². The summed E-state index contributed by atoms with van der Waals surface area (Å²) in [5, 5.41) is 12.7. The fourth-order valence-corrected chi connectivity index (χ4v) is 3.74. The molecule has 4 aromatic rings. The first-order valence-corrected chi connectivity index (χ1v) is 10.8. The van der Waals surface area contributed by atoms with Crippen LogP contribution >= 0.6 is 0 Å². The smallest absolute Gasteiger partial charge is 0.442 e. The molecule has 8 nitrogen and oxygen atoms in total. The molecule has 14 heteroatoms.